The lowest BCUT2D eigenvalue weighted by Crippen LogP contribution is -2.46. The van der Waals surface area contributed by atoms with E-state index in [1.54, 1.807) is 6.92 Å². The van der Waals surface area contributed by atoms with Gasteiger partial charge in [0.1, 0.15) is 0 Å². The SMILES string of the molecule is CCN1CCN(c2cnc3c(C)nnc(N[C@H](C)c4cc(N)cc(C(F)(F)F)c4)c3c2)CC1. The minimum atomic E-state index is -4.47. The summed E-state index contributed by atoms with van der Waals surface area (Å²) in [7, 11) is 0. The van der Waals surface area contributed by atoms with E-state index >= 15 is 0 Å². The topological polar surface area (TPSA) is 83.2 Å². The van der Waals surface area contributed by atoms with Gasteiger partial charge in [-0.3, -0.25) is 4.98 Å². The number of nitrogens with two attached hydrogens (primary N) is 1. The largest absolute Gasteiger partial charge is 0.416 e. The summed E-state index contributed by atoms with van der Waals surface area (Å²) in [4.78, 5) is 9.32. The Morgan fingerprint density at radius 2 is 1.82 bits per heavy atom. The van der Waals surface area contributed by atoms with E-state index in [2.05, 4.69) is 37.2 Å². The van der Waals surface area contributed by atoms with Crippen molar-refractivity contribution in [3.63, 3.8) is 0 Å². The molecule has 0 unspecified atom stereocenters. The van der Waals surface area contributed by atoms with Gasteiger partial charge in [0, 0.05) is 37.3 Å². The van der Waals surface area contributed by atoms with Gasteiger partial charge in [0.05, 0.1) is 34.7 Å². The van der Waals surface area contributed by atoms with Gasteiger partial charge in [-0.15, -0.1) is 5.10 Å². The molecule has 2 aromatic heterocycles. The van der Waals surface area contributed by atoms with E-state index in [0.717, 1.165) is 55.9 Å². The highest BCUT2D eigenvalue weighted by molar-refractivity contribution is 5.92. The number of piperazine rings is 1. The van der Waals surface area contributed by atoms with E-state index in [1.807, 2.05) is 19.2 Å². The number of fused-ring (bicyclic) bond motifs is 1. The van der Waals surface area contributed by atoms with E-state index in [0.29, 0.717) is 22.6 Å². The van der Waals surface area contributed by atoms with Crippen LogP contribution in [0.5, 0.6) is 0 Å². The van der Waals surface area contributed by atoms with E-state index in [4.69, 9.17) is 5.73 Å². The molecule has 0 saturated carbocycles. The molecule has 0 radical (unpaired) electrons. The summed E-state index contributed by atoms with van der Waals surface area (Å²) in [6, 6.07) is 5.13. The molecule has 0 amide bonds. The maximum absolute atomic E-state index is 13.2. The number of likely N-dealkylation sites (N-methyl/N-ethyl adjacent to an activating group) is 1. The molecule has 1 aliphatic rings. The molecule has 1 atom stereocenters. The van der Waals surface area contributed by atoms with Crippen molar-refractivity contribution in [2.24, 2.45) is 0 Å². The molecule has 3 N–H and O–H groups in total. The second-order valence-corrected chi connectivity index (χ2v) is 8.40. The molecule has 1 fully saturated rings. The van der Waals surface area contributed by atoms with Crippen LogP contribution in [0.4, 0.5) is 30.4 Å². The van der Waals surface area contributed by atoms with Crippen molar-refractivity contribution < 1.29 is 13.2 Å². The van der Waals surface area contributed by atoms with Gasteiger partial charge in [-0.25, -0.2) is 0 Å². The fraction of sp³-hybridized carbons (Fsp3) is 0.435. The normalized spacial score (nSPS) is 16.2. The minimum Gasteiger partial charge on any atom is -0.399 e. The maximum atomic E-state index is 13.2. The summed E-state index contributed by atoms with van der Waals surface area (Å²) in [6.45, 7) is 10.6. The van der Waals surface area contributed by atoms with Crippen molar-refractivity contribution in [1.82, 2.24) is 20.1 Å². The van der Waals surface area contributed by atoms with E-state index in [-0.39, 0.29) is 5.69 Å². The Morgan fingerprint density at radius 3 is 2.48 bits per heavy atom. The first-order chi connectivity index (χ1) is 15.7. The number of aromatic nitrogens is 3. The van der Waals surface area contributed by atoms with Crippen LogP contribution >= 0.6 is 0 Å². The molecular formula is C23H28F3N7. The van der Waals surface area contributed by atoms with Crippen LogP contribution in [0.15, 0.2) is 30.5 Å². The summed E-state index contributed by atoms with van der Waals surface area (Å²) >= 11 is 0. The van der Waals surface area contributed by atoms with Gasteiger partial charge in [0.15, 0.2) is 5.82 Å². The average molecular weight is 460 g/mol. The first-order valence-electron chi connectivity index (χ1n) is 11.0. The Hall–Kier alpha value is -3.14. The molecule has 3 aromatic rings. The molecule has 4 rings (SSSR count). The number of nitrogens with one attached hydrogen (secondary N) is 1. The zero-order chi connectivity index (χ0) is 23.8. The van der Waals surface area contributed by atoms with Gasteiger partial charge in [0.2, 0.25) is 0 Å². The number of hydrogen-bond donors (Lipinski definition) is 2. The highest BCUT2D eigenvalue weighted by atomic mass is 19.4. The van der Waals surface area contributed by atoms with Gasteiger partial charge in [-0.05, 0) is 50.2 Å². The van der Waals surface area contributed by atoms with Gasteiger partial charge in [0.25, 0.3) is 0 Å². The van der Waals surface area contributed by atoms with E-state index in [1.165, 1.54) is 6.07 Å². The summed E-state index contributed by atoms with van der Waals surface area (Å²) < 4.78 is 39.7. The highest BCUT2D eigenvalue weighted by Gasteiger charge is 2.31. The van der Waals surface area contributed by atoms with Crippen LogP contribution in [0.3, 0.4) is 0 Å². The fourth-order valence-corrected chi connectivity index (χ4v) is 4.13. The Morgan fingerprint density at radius 1 is 1.09 bits per heavy atom. The third-order valence-corrected chi connectivity index (χ3v) is 6.11. The van der Waals surface area contributed by atoms with Gasteiger partial charge < -0.3 is 20.9 Å². The van der Waals surface area contributed by atoms with Crippen molar-refractivity contribution in [1.29, 1.82) is 0 Å². The predicted molar refractivity (Wildman–Crippen MR) is 124 cm³/mol. The number of anilines is 3. The molecule has 1 aliphatic heterocycles. The third kappa shape index (κ3) is 4.95. The number of rotatable bonds is 5. The van der Waals surface area contributed by atoms with Crippen LogP contribution in [0.1, 0.15) is 36.7 Å². The smallest absolute Gasteiger partial charge is 0.399 e. The predicted octanol–water partition coefficient (Wildman–Crippen LogP) is 4.25. The zero-order valence-corrected chi connectivity index (χ0v) is 18.9. The quantitative estimate of drug-likeness (QED) is 0.552. The van der Waals surface area contributed by atoms with E-state index < -0.39 is 17.8 Å². The van der Waals surface area contributed by atoms with Gasteiger partial charge in [-0.2, -0.15) is 18.3 Å². The summed E-state index contributed by atoms with van der Waals surface area (Å²) in [6.07, 6.45) is -2.62. The fourth-order valence-electron chi connectivity index (χ4n) is 4.13. The average Bonchev–Trinajstić information content (AvgIpc) is 2.79. The number of nitrogen functional groups attached to an aromatic ring is 1. The van der Waals surface area contributed by atoms with Crippen LogP contribution in [0.25, 0.3) is 10.9 Å². The van der Waals surface area contributed by atoms with Crippen LogP contribution in [-0.4, -0.2) is 52.8 Å². The number of pyridine rings is 1. The number of halogens is 3. The number of nitrogens with zero attached hydrogens (tertiary/aromatic N) is 5. The van der Waals surface area contributed by atoms with Crippen LogP contribution in [0.2, 0.25) is 0 Å². The third-order valence-electron chi connectivity index (χ3n) is 6.11. The molecule has 7 nitrogen and oxygen atoms in total. The van der Waals surface area contributed by atoms with Crippen LogP contribution in [-0.2, 0) is 6.18 Å². The molecule has 3 heterocycles. The Bertz CT molecular complexity index is 1140. The van der Waals surface area contributed by atoms with Crippen molar-refractivity contribution in [3.8, 4) is 0 Å². The van der Waals surface area contributed by atoms with Crippen molar-refractivity contribution in [2.75, 3.05) is 48.7 Å². The lowest BCUT2D eigenvalue weighted by Gasteiger charge is -2.35. The molecule has 0 bridgehead atoms. The van der Waals surface area contributed by atoms with Crippen molar-refractivity contribution in [3.05, 3.63) is 47.3 Å². The number of aryl methyl sites for hydroxylation is 1. The Balaban J connectivity index is 1.65. The van der Waals surface area contributed by atoms with Gasteiger partial charge >= 0.3 is 6.18 Å². The summed E-state index contributed by atoms with van der Waals surface area (Å²) in [5, 5.41) is 12.5. The number of benzene rings is 1. The molecule has 0 aliphatic carbocycles. The molecule has 176 valence electrons. The second kappa shape index (κ2) is 9.01. The van der Waals surface area contributed by atoms with E-state index in [9.17, 15) is 13.2 Å². The first-order valence-corrected chi connectivity index (χ1v) is 11.0. The van der Waals surface area contributed by atoms with Crippen LogP contribution in [0, 0.1) is 6.92 Å². The van der Waals surface area contributed by atoms with Crippen molar-refractivity contribution >= 4 is 28.1 Å². The molecule has 1 saturated heterocycles. The maximum Gasteiger partial charge on any atom is 0.416 e. The minimum absolute atomic E-state index is 0.0588. The molecule has 0 spiro atoms. The molecule has 1 aromatic carbocycles. The lowest BCUT2D eigenvalue weighted by molar-refractivity contribution is -0.137. The Labute approximate surface area is 190 Å². The molecule has 10 heteroatoms. The second-order valence-electron chi connectivity index (χ2n) is 8.40. The number of alkyl halides is 3. The molecular weight excluding hydrogens is 431 g/mol. The standard InChI is InChI=1S/C23H28F3N7/c1-4-32-5-7-33(8-6-32)19-12-20-21(28-13-19)15(3)30-31-22(20)29-14(2)16-9-17(23(24,25)26)11-18(27)10-16/h9-14H,4-8,27H2,1-3H3,(H,29,31)/t14-/m1/s1. The molecule has 33 heavy (non-hydrogen) atoms. The van der Waals surface area contributed by atoms with Crippen LogP contribution < -0.4 is 16.0 Å². The Kier molecular flexibility index (Phi) is 6.29. The highest BCUT2D eigenvalue weighted by Crippen LogP contribution is 2.34. The first kappa shape index (κ1) is 23.0. The zero-order valence-electron chi connectivity index (χ0n) is 18.9. The summed E-state index contributed by atoms with van der Waals surface area (Å²) in [5.41, 5.74) is 7.83. The monoisotopic (exact) mass is 459 g/mol. The van der Waals surface area contributed by atoms with Crippen molar-refractivity contribution in [2.45, 2.75) is 33.0 Å². The summed E-state index contributed by atoms with van der Waals surface area (Å²) in [5.74, 6) is 0.473. The van der Waals surface area contributed by atoms with Gasteiger partial charge in [-0.1, -0.05) is 6.92 Å². The number of hydrogen-bond acceptors (Lipinski definition) is 7. The lowest BCUT2D eigenvalue weighted by atomic mass is 10.0.